The highest BCUT2D eigenvalue weighted by Gasteiger charge is 2.04. The van der Waals surface area contributed by atoms with Crippen LogP contribution in [0.1, 0.15) is 5.56 Å². The van der Waals surface area contributed by atoms with Crippen molar-refractivity contribution in [3.8, 4) is 11.5 Å². The van der Waals surface area contributed by atoms with Gasteiger partial charge in [-0.1, -0.05) is 12.1 Å². The number of aryl methyl sites for hydroxylation is 1. The molecule has 0 radical (unpaired) electrons. The molecule has 2 aromatic carbocycles. The molecule has 1 heterocycles. The molecule has 0 unspecified atom stereocenters. The summed E-state index contributed by atoms with van der Waals surface area (Å²) in [6.45, 7) is 2.01. The number of aromatic amines is 1. The molecule has 0 aliphatic carbocycles. The van der Waals surface area contributed by atoms with Gasteiger partial charge in [0.05, 0.1) is 11.9 Å². The Morgan fingerprint density at radius 3 is 2.52 bits per heavy atom. The largest absolute Gasteiger partial charge is 0.457 e. The lowest BCUT2D eigenvalue weighted by Gasteiger charge is -2.09. The topological polar surface area (TPSA) is 79.0 Å². The summed E-state index contributed by atoms with van der Waals surface area (Å²) >= 11 is 0. The lowest BCUT2D eigenvalue weighted by molar-refractivity contribution is 0.262. The van der Waals surface area contributed by atoms with Gasteiger partial charge in [0.25, 0.3) is 0 Å². The van der Waals surface area contributed by atoms with E-state index in [-0.39, 0.29) is 6.03 Å². The van der Waals surface area contributed by atoms with E-state index in [4.69, 9.17) is 4.74 Å². The van der Waals surface area contributed by atoms with Crippen LogP contribution >= 0.6 is 0 Å². The molecule has 0 atom stereocenters. The molecule has 0 fully saturated rings. The quantitative estimate of drug-likeness (QED) is 0.677. The standard InChI is InChI=1S/C17H16N4O2/c1-12-3-2-4-16(9-12)23-15-7-5-13(6-8-15)20-17(22)21-14-10-18-19-11-14/h2-11H,1H3,(H,18,19)(H2,20,21,22). The number of rotatable bonds is 4. The van der Waals surface area contributed by atoms with Crippen molar-refractivity contribution in [3.05, 3.63) is 66.5 Å². The van der Waals surface area contributed by atoms with Crippen molar-refractivity contribution < 1.29 is 9.53 Å². The van der Waals surface area contributed by atoms with Crippen LogP contribution in [0.25, 0.3) is 0 Å². The number of nitrogens with one attached hydrogen (secondary N) is 3. The van der Waals surface area contributed by atoms with E-state index in [1.807, 2.05) is 31.2 Å². The fourth-order valence-corrected chi connectivity index (χ4v) is 2.03. The molecule has 0 bridgehead atoms. The Hall–Kier alpha value is -3.28. The predicted octanol–water partition coefficient (Wildman–Crippen LogP) is 4.15. The lowest BCUT2D eigenvalue weighted by atomic mass is 10.2. The Morgan fingerprint density at radius 2 is 1.83 bits per heavy atom. The molecule has 0 aliphatic rings. The minimum atomic E-state index is -0.334. The van der Waals surface area contributed by atoms with Crippen molar-refractivity contribution in [1.29, 1.82) is 0 Å². The van der Waals surface area contributed by atoms with Crippen LogP contribution in [0.15, 0.2) is 60.9 Å². The summed E-state index contributed by atoms with van der Waals surface area (Å²) in [5.41, 5.74) is 2.40. The molecule has 6 heteroatoms. The molecule has 3 aromatic rings. The molecule has 23 heavy (non-hydrogen) atoms. The number of nitrogens with zero attached hydrogens (tertiary/aromatic N) is 1. The minimum absolute atomic E-state index is 0.334. The Kier molecular flexibility index (Phi) is 4.24. The maximum atomic E-state index is 11.8. The second-order valence-electron chi connectivity index (χ2n) is 5.01. The number of amides is 2. The zero-order valence-corrected chi connectivity index (χ0v) is 12.5. The summed E-state index contributed by atoms with van der Waals surface area (Å²) in [5.74, 6) is 1.49. The first-order valence-corrected chi connectivity index (χ1v) is 7.10. The zero-order chi connectivity index (χ0) is 16.1. The SMILES string of the molecule is Cc1cccc(Oc2ccc(NC(=O)Nc3cn[nH]c3)cc2)c1. The van der Waals surface area contributed by atoms with E-state index in [0.29, 0.717) is 17.1 Å². The first-order chi connectivity index (χ1) is 11.2. The van der Waals surface area contributed by atoms with E-state index in [9.17, 15) is 4.79 Å². The first kappa shape index (κ1) is 14.6. The Labute approximate surface area is 133 Å². The molecule has 0 spiro atoms. The number of carbonyl (C=O) groups is 1. The molecule has 2 amide bonds. The Bertz CT molecular complexity index is 783. The highest BCUT2D eigenvalue weighted by atomic mass is 16.5. The number of aromatic nitrogens is 2. The van der Waals surface area contributed by atoms with Crippen LogP contribution in [-0.4, -0.2) is 16.2 Å². The summed E-state index contributed by atoms with van der Waals surface area (Å²) in [7, 11) is 0. The monoisotopic (exact) mass is 308 g/mol. The molecule has 1 aromatic heterocycles. The van der Waals surface area contributed by atoms with Crippen LogP contribution in [0.3, 0.4) is 0 Å². The number of H-pyrrole nitrogens is 1. The van der Waals surface area contributed by atoms with Gasteiger partial charge in [-0.25, -0.2) is 4.79 Å². The van der Waals surface area contributed by atoms with Crippen molar-refractivity contribution in [1.82, 2.24) is 10.2 Å². The summed E-state index contributed by atoms with van der Waals surface area (Å²) in [4.78, 5) is 11.8. The molecule has 0 saturated carbocycles. The number of ether oxygens (including phenoxy) is 1. The van der Waals surface area contributed by atoms with Crippen LogP contribution < -0.4 is 15.4 Å². The van der Waals surface area contributed by atoms with Gasteiger partial charge in [-0.3, -0.25) is 5.10 Å². The van der Waals surface area contributed by atoms with Gasteiger partial charge >= 0.3 is 6.03 Å². The van der Waals surface area contributed by atoms with Crippen LogP contribution in [0.4, 0.5) is 16.2 Å². The van der Waals surface area contributed by atoms with Gasteiger partial charge in [-0.2, -0.15) is 5.10 Å². The van der Waals surface area contributed by atoms with Gasteiger partial charge in [-0.15, -0.1) is 0 Å². The fraction of sp³-hybridized carbons (Fsp3) is 0.0588. The molecule has 0 saturated heterocycles. The first-order valence-electron chi connectivity index (χ1n) is 7.10. The average molecular weight is 308 g/mol. The third-order valence-corrected chi connectivity index (χ3v) is 3.09. The lowest BCUT2D eigenvalue weighted by Crippen LogP contribution is -2.18. The molecule has 3 rings (SSSR count). The normalized spacial score (nSPS) is 10.1. The maximum absolute atomic E-state index is 11.8. The highest BCUT2D eigenvalue weighted by Crippen LogP contribution is 2.23. The van der Waals surface area contributed by atoms with Crippen molar-refractivity contribution in [3.63, 3.8) is 0 Å². The number of hydrogen-bond donors (Lipinski definition) is 3. The second kappa shape index (κ2) is 6.65. The van der Waals surface area contributed by atoms with Crippen LogP contribution in [0.2, 0.25) is 0 Å². The summed E-state index contributed by atoms with van der Waals surface area (Å²) in [6.07, 6.45) is 3.12. The van der Waals surface area contributed by atoms with Crippen molar-refractivity contribution in [2.75, 3.05) is 10.6 Å². The van der Waals surface area contributed by atoms with E-state index < -0.39 is 0 Å². The zero-order valence-electron chi connectivity index (χ0n) is 12.5. The van der Waals surface area contributed by atoms with Gasteiger partial charge in [0.15, 0.2) is 0 Å². The van der Waals surface area contributed by atoms with Gasteiger partial charge in [0.2, 0.25) is 0 Å². The minimum Gasteiger partial charge on any atom is -0.457 e. The van der Waals surface area contributed by atoms with E-state index in [1.165, 1.54) is 6.20 Å². The summed E-state index contributed by atoms with van der Waals surface area (Å²) < 4.78 is 5.76. The molecular formula is C17H16N4O2. The van der Waals surface area contributed by atoms with E-state index in [0.717, 1.165) is 11.3 Å². The Morgan fingerprint density at radius 1 is 1.04 bits per heavy atom. The average Bonchev–Trinajstić information content (AvgIpc) is 3.02. The molecule has 3 N–H and O–H groups in total. The molecular weight excluding hydrogens is 292 g/mol. The number of urea groups is 1. The van der Waals surface area contributed by atoms with Gasteiger partial charge < -0.3 is 15.4 Å². The predicted molar refractivity (Wildman–Crippen MR) is 88.9 cm³/mol. The highest BCUT2D eigenvalue weighted by molar-refractivity contribution is 5.99. The van der Waals surface area contributed by atoms with Gasteiger partial charge in [0.1, 0.15) is 11.5 Å². The van der Waals surface area contributed by atoms with E-state index >= 15 is 0 Å². The summed E-state index contributed by atoms with van der Waals surface area (Å²) in [6, 6.07) is 14.6. The van der Waals surface area contributed by atoms with Gasteiger partial charge in [-0.05, 0) is 48.9 Å². The fourth-order valence-electron chi connectivity index (χ4n) is 2.03. The van der Waals surface area contributed by atoms with Crippen LogP contribution in [0.5, 0.6) is 11.5 Å². The molecule has 116 valence electrons. The second-order valence-corrected chi connectivity index (χ2v) is 5.01. The van der Waals surface area contributed by atoms with Gasteiger partial charge in [0, 0.05) is 11.9 Å². The Balaban J connectivity index is 1.59. The maximum Gasteiger partial charge on any atom is 0.323 e. The summed E-state index contributed by atoms with van der Waals surface area (Å²) in [5, 5.41) is 11.8. The van der Waals surface area contributed by atoms with Crippen molar-refractivity contribution in [2.24, 2.45) is 0 Å². The smallest absolute Gasteiger partial charge is 0.323 e. The van der Waals surface area contributed by atoms with Crippen LogP contribution in [0, 0.1) is 6.92 Å². The van der Waals surface area contributed by atoms with E-state index in [2.05, 4.69) is 20.8 Å². The van der Waals surface area contributed by atoms with E-state index in [1.54, 1.807) is 30.5 Å². The van der Waals surface area contributed by atoms with Crippen LogP contribution in [-0.2, 0) is 0 Å². The molecule has 6 nitrogen and oxygen atoms in total. The molecule has 0 aliphatic heterocycles. The van der Waals surface area contributed by atoms with Crippen molar-refractivity contribution in [2.45, 2.75) is 6.92 Å². The third-order valence-electron chi connectivity index (χ3n) is 3.09. The third kappa shape index (κ3) is 4.10. The van der Waals surface area contributed by atoms with Crippen molar-refractivity contribution >= 4 is 17.4 Å². The number of carbonyl (C=O) groups excluding carboxylic acids is 1. The number of benzene rings is 2. The number of hydrogen-bond acceptors (Lipinski definition) is 3. The number of anilines is 2.